The molecule has 0 bridgehead atoms. The monoisotopic (exact) mass is 332 g/mol. The van der Waals surface area contributed by atoms with Gasteiger partial charge in [0.05, 0.1) is 16.4 Å². The van der Waals surface area contributed by atoms with E-state index in [4.69, 9.17) is 0 Å². The second-order valence-electron chi connectivity index (χ2n) is 5.22. The molecule has 1 aromatic carbocycles. The van der Waals surface area contributed by atoms with Gasteiger partial charge in [0.2, 0.25) is 10.0 Å². The fourth-order valence-corrected chi connectivity index (χ4v) is 6.18. The van der Waals surface area contributed by atoms with Gasteiger partial charge in [0.25, 0.3) is 0 Å². The van der Waals surface area contributed by atoms with Crippen molar-refractivity contribution in [3.8, 4) is 0 Å². The van der Waals surface area contributed by atoms with Gasteiger partial charge in [0.15, 0.2) is 9.84 Å². The Hall–Kier alpha value is -0.960. The first-order chi connectivity index (χ1) is 9.78. The van der Waals surface area contributed by atoms with Crippen LogP contribution in [0.3, 0.4) is 0 Å². The summed E-state index contributed by atoms with van der Waals surface area (Å²) in [5, 5.41) is 2.94. The molecule has 6 nitrogen and oxygen atoms in total. The van der Waals surface area contributed by atoms with Crippen LogP contribution in [-0.4, -0.2) is 52.3 Å². The molecule has 1 aromatic rings. The van der Waals surface area contributed by atoms with Crippen LogP contribution in [0.25, 0.3) is 0 Å². The lowest BCUT2D eigenvalue weighted by Gasteiger charge is -2.32. The first kappa shape index (κ1) is 16.4. The van der Waals surface area contributed by atoms with E-state index in [0.717, 1.165) is 0 Å². The van der Waals surface area contributed by atoms with Gasteiger partial charge in [-0.25, -0.2) is 16.8 Å². The Morgan fingerprint density at radius 2 is 2.00 bits per heavy atom. The summed E-state index contributed by atoms with van der Waals surface area (Å²) in [5.41, 5.74) is 0.681. The number of sulfonamides is 1. The van der Waals surface area contributed by atoms with Gasteiger partial charge >= 0.3 is 0 Å². The van der Waals surface area contributed by atoms with Gasteiger partial charge in [-0.2, -0.15) is 4.31 Å². The van der Waals surface area contributed by atoms with Gasteiger partial charge in [-0.05, 0) is 25.6 Å². The van der Waals surface area contributed by atoms with E-state index in [1.54, 1.807) is 38.2 Å². The van der Waals surface area contributed by atoms with Crippen molar-refractivity contribution in [3.63, 3.8) is 0 Å². The van der Waals surface area contributed by atoms with Crippen LogP contribution < -0.4 is 5.32 Å². The largest absolute Gasteiger partial charge is 0.316 e. The summed E-state index contributed by atoms with van der Waals surface area (Å²) < 4.78 is 50.1. The van der Waals surface area contributed by atoms with Crippen LogP contribution in [0.15, 0.2) is 29.2 Å². The molecule has 0 saturated carbocycles. The highest BCUT2D eigenvalue weighted by Crippen LogP contribution is 2.24. The van der Waals surface area contributed by atoms with Crippen molar-refractivity contribution in [1.82, 2.24) is 9.62 Å². The molecule has 1 heterocycles. The highest BCUT2D eigenvalue weighted by molar-refractivity contribution is 7.92. The third kappa shape index (κ3) is 3.45. The van der Waals surface area contributed by atoms with Crippen LogP contribution in [0.1, 0.15) is 12.5 Å². The summed E-state index contributed by atoms with van der Waals surface area (Å²) in [4.78, 5) is 0.241. The van der Waals surface area contributed by atoms with Gasteiger partial charge in [-0.15, -0.1) is 0 Å². The lowest BCUT2D eigenvalue weighted by Crippen LogP contribution is -2.49. The molecule has 1 fully saturated rings. The quantitative estimate of drug-likeness (QED) is 0.852. The molecule has 0 spiro atoms. The number of rotatable bonds is 4. The summed E-state index contributed by atoms with van der Waals surface area (Å²) >= 11 is 0. The molecular formula is C13H20N2O4S2. The average molecular weight is 332 g/mol. The summed E-state index contributed by atoms with van der Waals surface area (Å²) in [7, 11) is -5.08. The van der Waals surface area contributed by atoms with Gasteiger partial charge in [-0.1, -0.05) is 18.2 Å². The fraction of sp³-hybridized carbons (Fsp3) is 0.538. The molecule has 1 atom stereocenters. The second-order valence-corrected chi connectivity index (χ2v) is 9.30. The number of sulfone groups is 1. The van der Waals surface area contributed by atoms with Gasteiger partial charge < -0.3 is 5.32 Å². The lowest BCUT2D eigenvalue weighted by atomic mass is 10.2. The summed E-state index contributed by atoms with van der Waals surface area (Å²) in [6, 6.07) is 6.25. The number of hydrogen-bond donors (Lipinski definition) is 1. The molecule has 1 aliphatic heterocycles. The number of nitrogens with zero attached hydrogens (tertiary/aromatic N) is 1. The van der Waals surface area contributed by atoms with E-state index in [1.807, 2.05) is 0 Å². The minimum Gasteiger partial charge on any atom is -0.316 e. The van der Waals surface area contributed by atoms with Crippen molar-refractivity contribution >= 4 is 19.9 Å². The van der Waals surface area contributed by atoms with Crippen molar-refractivity contribution < 1.29 is 16.8 Å². The Bertz CT molecular complexity index is 713. The molecule has 0 aromatic heterocycles. The van der Waals surface area contributed by atoms with E-state index in [-0.39, 0.29) is 22.9 Å². The highest BCUT2D eigenvalue weighted by atomic mass is 32.2. The predicted molar refractivity (Wildman–Crippen MR) is 81.2 cm³/mol. The maximum absolute atomic E-state index is 12.8. The minimum atomic E-state index is -3.69. The fourth-order valence-electron chi connectivity index (χ4n) is 2.56. The molecule has 0 radical (unpaired) electrons. The molecule has 1 N–H and O–H groups in total. The van der Waals surface area contributed by atoms with Crippen molar-refractivity contribution in [3.05, 3.63) is 29.8 Å². The zero-order chi connectivity index (χ0) is 15.7. The Morgan fingerprint density at radius 1 is 1.33 bits per heavy atom. The Labute approximate surface area is 126 Å². The van der Waals surface area contributed by atoms with Crippen LogP contribution in [0.2, 0.25) is 0 Å². The van der Waals surface area contributed by atoms with Gasteiger partial charge in [0.1, 0.15) is 0 Å². The first-order valence-electron chi connectivity index (χ1n) is 6.73. The van der Waals surface area contributed by atoms with Crippen molar-refractivity contribution in [2.45, 2.75) is 24.4 Å². The van der Waals surface area contributed by atoms with E-state index in [0.29, 0.717) is 12.1 Å². The molecule has 0 amide bonds. The van der Waals surface area contributed by atoms with Crippen LogP contribution >= 0.6 is 0 Å². The summed E-state index contributed by atoms with van der Waals surface area (Å²) in [5.74, 6) is -0.245. The van der Waals surface area contributed by atoms with E-state index < -0.39 is 25.9 Å². The zero-order valence-corrected chi connectivity index (χ0v) is 13.7. The Morgan fingerprint density at radius 3 is 2.62 bits per heavy atom. The van der Waals surface area contributed by atoms with Crippen molar-refractivity contribution in [2.24, 2.45) is 0 Å². The first-order valence-corrected chi connectivity index (χ1v) is 9.99. The van der Waals surface area contributed by atoms with Crippen molar-refractivity contribution in [1.29, 1.82) is 0 Å². The van der Waals surface area contributed by atoms with E-state index >= 15 is 0 Å². The summed E-state index contributed by atoms with van der Waals surface area (Å²) in [6.07, 6.45) is 0. The van der Waals surface area contributed by atoms with Crippen LogP contribution in [0.5, 0.6) is 0 Å². The molecule has 21 heavy (non-hydrogen) atoms. The predicted octanol–water partition coefficient (Wildman–Crippen LogP) is 0.214. The smallest absolute Gasteiger partial charge is 0.243 e. The van der Waals surface area contributed by atoms with Crippen molar-refractivity contribution in [2.75, 3.05) is 25.1 Å². The number of hydrogen-bond acceptors (Lipinski definition) is 5. The maximum atomic E-state index is 12.8. The second kappa shape index (κ2) is 6.04. The third-order valence-corrected chi connectivity index (χ3v) is 7.44. The Balaban J connectivity index is 2.39. The van der Waals surface area contributed by atoms with E-state index in [1.165, 1.54) is 4.31 Å². The third-order valence-electron chi connectivity index (χ3n) is 3.54. The van der Waals surface area contributed by atoms with E-state index in [2.05, 4.69) is 5.32 Å². The molecule has 1 saturated heterocycles. The Kier molecular flexibility index (Phi) is 4.72. The topological polar surface area (TPSA) is 83.6 Å². The highest BCUT2D eigenvalue weighted by Gasteiger charge is 2.37. The SMILES string of the molecule is CNCc1ccccc1S(=O)(=O)N1CCS(=O)(=O)CC1C. The van der Waals surface area contributed by atoms with Gasteiger partial charge in [-0.3, -0.25) is 0 Å². The molecule has 0 aliphatic carbocycles. The van der Waals surface area contributed by atoms with Crippen LogP contribution in [-0.2, 0) is 26.4 Å². The standard InChI is InChI=1S/C13H20N2O4S2/c1-11-10-20(16,17)8-7-15(11)21(18,19)13-6-4-3-5-12(13)9-14-2/h3-6,11,14H,7-10H2,1-2H3. The molecule has 1 aliphatic rings. The average Bonchev–Trinajstić information content (AvgIpc) is 2.38. The molecule has 1 unspecified atom stereocenters. The molecule has 118 valence electrons. The summed E-state index contributed by atoms with van der Waals surface area (Å²) in [6.45, 7) is 2.09. The normalized spacial score (nSPS) is 23.0. The van der Waals surface area contributed by atoms with E-state index in [9.17, 15) is 16.8 Å². The number of benzene rings is 1. The number of nitrogens with one attached hydrogen (secondary N) is 1. The molecule has 2 rings (SSSR count). The molecule has 8 heteroatoms. The maximum Gasteiger partial charge on any atom is 0.243 e. The van der Waals surface area contributed by atoms with Crippen LogP contribution in [0, 0.1) is 0 Å². The van der Waals surface area contributed by atoms with Gasteiger partial charge in [0, 0.05) is 19.1 Å². The molecular weight excluding hydrogens is 312 g/mol. The lowest BCUT2D eigenvalue weighted by molar-refractivity contribution is 0.356. The van der Waals surface area contributed by atoms with Crippen LogP contribution in [0.4, 0.5) is 0 Å². The zero-order valence-electron chi connectivity index (χ0n) is 12.1. The minimum absolute atomic E-state index is 0.0136.